The van der Waals surface area contributed by atoms with Crippen LogP contribution in [0.15, 0.2) is 12.2 Å². The Morgan fingerprint density at radius 2 is 1.71 bits per heavy atom. The van der Waals surface area contributed by atoms with Crippen molar-refractivity contribution in [2.75, 3.05) is 20.2 Å². The van der Waals surface area contributed by atoms with E-state index in [1.54, 1.807) is 7.11 Å². The highest BCUT2D eigenvalue weighted by Crippen LogP contribution is 2.52. The second-order valence-corrected chi connectivity index (χ2v) is 20.9. The molecule has 0 aromatic heterocycles. The number of hydrogen-bond donors (Lipinski definition) is 6. The lowest BCUT2D eigenvalue weighted by Gasteiger charge is -2.47. The Balaban J connectivity index is 1.01. The molecule has 0 radical (unpaired) electrons. The fraction of sp³-hybridized carbons (Fsp3) is 0.880. The molecule has 6 unspecified atom stereocenters. The summed E-state index contributed by atoms with van der Waals surface area (Å²) in [4.78, 5) is 26.1. The molecule has 59 heavy (non-hydrogen) atoms. The van der Waals surface area contributed by atoms with E-state index in [4.69, 9.17) is 10.5 Å². The van der Waals surface area contributed by atoms with Gasteiger partial charge in [0.15, 0.2) is 0 Å². The van der Waals surface area contributed by atoms with Gasteiger partial charge in [0, 0.05) is 38.3 Å². The number of fused-ring (bicyclic) bond motifs is 2. The van der Waals surface area contributed by atoms with E-state index in [1.807, 2.05) is 0 Å². The lowest BCUT2D eigenvalue weighted by molar-refractivity contribution is -0.125. The molecule has 9 heteroatoms. The molecule has 0 spiro atoms. The zero-order valence-corrected chi connectivity index (χ0v) is 36.6. The molecule has 0 aromatic rings. The molecule has 14 atom stereocenters. The van der Waals surface area contributed by atoms with Gasteiger partial charge in [-0.25, -0.2) is 0 Å². The molecular formula is C50H81N3O6. The molecule has 2 aliphatic heterocycles. The van der Waals surface area contributed by atoms with Gasteiger partial charge >= 0.3 is 0 Å². The van der Waals surface area contributed by atoms with Gasteiger partial charge in [0.25, 0.3) is 0 Å². The lowest BCUT2D eigenvalue weighted by Crippen LogP contribution is -2.52. The maximum absolute atomic E-state index is 13.9. The van der Waals surface area contributed by atoms with E-state index >= 15 is 0 Å². The van der Waals surface area contributed by atoms with Gasteiger partial charge < -0.3 is 36.4 Å². The molecule has 0 amide bonds. The van der Waals surface area contributed by atoms with Crippen molar-refractivity contribution < 1.29 is 29.6 Å². The Bertz CT molecular complexity index is 1450. The van der Waals surface area contributed by atoms with E-state index in [0.717, 1.165) is 51.6 Å². The molecule has 332 valence electrons. The Hall–Kier alpha value is -1.64. The smallest absolute Gasteiger partial charge is 0.150 e. The molecule has 5 aliphatic carbocycles. The van der Waals surface area contributed by atoms with E-state index in [2.05, 4.69) is 34.6 Å². The minimum absolute atomic E-state index is 0.00128. The number of ether oxygens (including phenoxy) is 1. The fourth-order valence-electron chi connectivity index (χ4n) is 13.6. The van der Waals surface area contributed by atoms with E-state index < -0.39 is 24.2 Å². The third-order valence-electron chi connectivity index (χ3n) is 17.2. The Kier molecular flexibility index (Phi) is 16.6. The highest BCUT2D eigenvalue weighted by atomic mass is 16.5. The van der Waals surface area contributed by atoms with E-state index in [1.165, 1.54) is 64.2 Å². The summed E-state index contributed by atoms with van der Waals surface area (Å²) in [6, 6.07) is 0.351. The first-order valence-corrected chi connectivity index (χ1v) is 24.6. The molecule has 2 heterocycles. The number of aliphatic hydroxyl groups is 3. The monoisotopic (exact) mass is 820 g/mol. The predicted molar refractivity (Wildman–Crippen MR) is 233 cm³/mol. The number of methoxy groups -OCH3 is 1. The van der Waals surface area contributed by atoms with Gasteiger partial charge in [-0.2, -0.15) is 0 Å². The average molecular weight is 820 g/mol. The largest absolute Gasteiger partial charge is 0.393 e. The summed E-state index contributed by atoms with van der Waals surface area (Å²) in [6.45, 7) is 1.90. The van der Waals surface area contributed by atoms with Gasteiger partial charge in [0.05, 0.1) is 30.6 Å². The van der Waals surface area contributed by atoms with E-state index in [-0.39, 0.29) is 47.1 Å². The molecule has 7 aliphatic rings. The minimum Gasteiger partial charge on any atom is -0.393 e. The minimum atomic E-state index is -0.802. The Labute approximate surface area is 356 Å². The van der Waals surface area contributed by atoms with Crippen molar-refractivity contribution in [1.29, 1.82) is 0 Å². The average Bonchev–Trinajstić information content (AvgIpc) is 3.74. The van der Waals surface area contributed by atoms with Crippen LogP contribution in [0.25, 0.3) is 0 Å². The SMILES string of the molecule is COC1CC2CCC(=O)[C@@H]([C@H](O)CCCC3([C@H]4CN[C@@H]5CC(=O)CC[C@H]5C4)CCCC3)C#C[C@@H](CC[C@H](O)C[C@H](C=CC3CCCCC3)C3CCNC(N)C3)C2CC1O. The number of piperidine rings is 2. The van der Waals surface area contributed by atoms with Crippen LogP contribution in [0.1, 0.15) is 161 Å². The van der Waals surface area contributed by atoms with Gasteiger partial charge in [-0.1, -0.05) is 62.5 Å². The summed E-state index contributed by atoms with van der Waals surface area (Å²) in [5.41, 5.74) is 6.66. The van der Waals surface area contributed by atoms with Crippen LogP contribution in [-0.4, -0.2) is 83.7 Å². The number of carbonyl (C=O) groups is 2. The molecular weight excluding hydrogens is 739 g/mol. The van der Waals surface area contributed by atoms with Crippen LogP contribution in [0.3, 0.4) is 0 Å². The van der Waals surface area contributed by atoms with Crippen LogP contribution in [0.4, 0.5) is 0 Å². The molecule has 2 saturated heterocycles. The Morgan fingerprint density at radius 1 is 0.915 bits per heavy atom. The molecule has 7 N–H and O–H groups in total. The number of carbonyl (C=O) groups excluding carboxylic acids is 2. The predicted octanol–water partition coefficient (Wildman–Crippen LogP) is 6.99. The van der Waals surface area contributed by atoms with Gasteiger partial charge in [-0.05, 0) is 163 Å². The van der Waals surface area contributed by atoms with E-state index in [0.29, 0.717) is 93.3 Å². The van der Waals surface area contributed by atoms with Crippen molar-refractivity contribution in [3.8, 4) is 11.8 Å². The number of allylic oxidation sites excluding steroid dienone is 2. The van der Waals surface area contributed by atoms with E-state index in [9.17, 15) is 24.9 Å². The number of nitrogens with two attached hydrogens (primary N) is 1. The van der Waals surface area contributed by atoms with Gasteiger partial charge in [0.2, 0.25) is 0 Å². The summed E-state index contributed by atoms with van der Waals surface area (Å²) in [5.74, 6) is 9.49. The number of nitrogens with one attached hydrogen (secondary N) is 2. The highest BCUT2D eigenvalue weighted by molar-refractivity contribution is 5.84. The van der Waals surface area contributed by atoms with Crippen LogP contribution < -0.4 is 16.4 Å². The van der Waals surface area contributed by atoms with Crippen molar-refractivity contribution in [2.45, 2.75) is 197 Å². The number of Topliss-reactive ketones (excluding diaryl/α,β-unsaturated/α-hetero) is 2. The zero-order chi connectivity index (χ0) is 41.4. The summed E-state index contributed by atoms with van der Waals surface area (Å²) >= 11 is 0. The lowest BCUT2D eigenvalue weighted by atomic mass is 9.63. The quantitative estimate of drug-likeness (QED) is 0.0758. The van der Waals surface area contributed by atoms with Crippen LogP contribution >= 0.6 is 0 Å². The summed E-state index contributed by atoms with van der Waals surface area (Å²) in [5, 5.41) is 41.9. The normalized spacial score (nSPS) is 38.6. The molecule has 0 aromatic carbocycles. The number of rotatable bonds is 15. The first-order chi connectivity index (χ1) is 28.6. The second-order valence-electron chi connectivity index (χ2n) is 20.9. The van der Waals surface area contributed by atoms with Crippen molar-refractivity contribution in [3.05, 3.63) is 12.2 Å². The Morgan fingerprint density at radius 3 is 2.49 bits per heavy atom. The van der Waals surface area contributed by atoms with Crippen molar-refractivity contribution in [1.82, 2.24) is 10.6 Å². The highest BCUT2D eigenvalue weighted by Gasteiger charge is 2.46. The van der Waals surface area contributed by atoms with Crippen LogP contribution in [0, 0.1) is 70.5 Å². The summed E-state index contributed by atoms with van der Waals surface area (Å²) in [6.07, 6.45) is 26.8. The first-order valence-electron chi connectivity index (χ1n) is 24.6. The summed E-state index contributed by atoms with van der Waals surface area (Å²) < 4.78 is 5.73. The molecule has 7 rings (SSSR count). The van der Waals surface area contributed by atoms with Gasteiger partial charge in [-0.3, -0.25) is 9.59 Å². The third-order valence-corrected chi connectivity index (χ3v) is 17.2. The molecule has 0 bridgehead atoms. The maximum Gasteiger partial charge on any atom is 0.150 e. The van der Waals surface area contributed by atoms with Crippen molar-refractivity contribution in [3.63, 3.8) is 0 Å². The standard InChI is InChI=1S/C50H81N3O6/c1-59-48-28-37-16-20-46(57)42(45(56)10-7-24-50(22-5-6-23-50)39-26-38-14-18-41(55)30-44(38)53-32-39)19-15-34(43(37)31-47(48)58)13-17-40(54)27-35(36-21-25-52-49(51)29-36)12-11-33-8-3-2-4-9-33/h11-12,33-40,42-45,47-49,52-54,56,58H,2-10,13-14,16-18,20-32,51H2,1H3/t34-,35+,36?,37?,38+,39-,40+,42-,43?,44-,45-,47?,48?,49?/m1/s1. The number of aliphatic hydroxyl groups excluding tert-OH is 3. The molecule has 4 saturated carbocycles. The van der Waals surface area contributed by atoms with Crippen LogP contribution in [0.2, 0.25) is 0 Å². The topological polar surface area (TPSA) is 154 Å². The van der Waals surface area contributed by atoms with Crippen LogP contribution in [0.5, 0.6) is 0 Å². The number of ketones is 2. The third kappa shape index (κ3) is 11.9. The zero-order valence-electron chi connectivity index (χ0n) is 36.6. The molecule has 6 fully saturated rings. The number of hydrogen-bond acceptors (Lipinski definition) is 9. The summed E-state index contributed by atoms with van der Waals surface area (Å²) in [7, 11) is 1.66. The van der Waals surface area contributed by atoms with Gasteiger partial charge in [-0.15, -0.1) is 0 Å². The second kappa shape index (κ2) is 21.6. The van der Waals surface area contributed by atoms with Crippen LogP contribution in [-0.2, 0) is 14.3 Å². The maximum atomic E-state index is 13.9. The van der Waals surface area contributed by atoms with Crippen molar-refractivity contribution >= 4 is 11.6 Å². The fourth-order valence-corrected chi connectivity index (χ4v) is 13.6. The first kappa shape index (κ1) is 45.4. The van der Waals surface area contributed by atoms with Gasteiger partial charge in [0.1, 0.15) is 17.5 Å². The van der Waals surface area contributed by atoms with Crippen molar-refractivity contribution in [2.24, 2.45) is 64.4 Å². The molecule has 9 nitrogen and oxygen atoms in total.